The first kappa shape index (κ1) is 26.8. The van der Waals surface area contributed by atoms with E-state index in [1.807, 2.05) is 30.3 Å². The maximum atomic E-state index is 6.67. The van der Waals surface area contributed by atoms with Crippen molar-refractivity contribution in [3.63, 3.8) is 0 Å². The topological polar surface area (TPSA) is 26.3 Å². The van der Waals surface area contributed by atoms with Gasteiger partial charge in [-0.15, -0.1) is 0 Å². The Morgan fingerprint density at radius 1 is 0.312 bits per heavy atom. The molecule has 0 aliphatic heterocycles. The summed E-state index contributed by atoms with van der Waals surface area (Å²) in [5.74, 6) is 0.845. The highest BCUT2D eigenvalue weighted by Gasteiger charge is 2.21. The monoisotopic (exact) mass is 612 g/mol. The van der Waals surface area contributed by atoms with E-state index in [1.54, 1.807) is 0 Å². The lowest BCUT2D eigenvalue weighted by Gasteiger charge is -2.18. The van der Waals surface area contributed by atoms with Crippen LogP contribution in [0.1, 0.15) is 0 Å². The minimum atomic E-state index is 0.824. The minimum absolute atomic E-state index is 0.824. The van der Waals surface area contributed by atoms with E-state index in [9.17, 15) is 0 Å². The molecule has 0 fully saturated rings. The molecule has 0 radical (unpaired) electrons. The Labute approximate surface area is 277 Å². The van der Waals surface area contributed by atoms with Gasteiger partial charge >= 0.3 is 0 Å². The molecule has 2 aromatic heterocycles. The molecule has 0 atom stereocenters. The van der Waals surface area contributed by atoms with Gasteiger partial charge in [0, 0.05) is 16.3 Å². The van der Waals surface area contributed by atoms with Crippen molar-refractivity contribution in [2.75, 3.05) is 0 Å². The van der Waals surface area contributed by atoms with Gasteiger partial charge in [-0.1, -0.05) is 152 Å². The zero-order valence-corrected chi connectivity index (χ0v) is 26.0. The van der Waals surface area contributed by atoms with Crippen LogP contribution in [-0.2, 0) is 0 Å². The maximum Gasteiger partial charge on any atom is 0.147 e. The first-order valence-electron chi connectivity index (χ1n) is 16.3. The number of benzene rings is 8. The molecule has 2 nitrogen and oxygen atoms in total. The van der Waals surface area contributed by atoms with E-state index >= 15 is 0 Å². The molecule has 0 spiro atoms. The van der Waals surface area contributed by atoms with Gasteiger partial charge in [-0.05, 0) is 73.1 Å². The number of furan rings is 2. The van der Waals surface area contributed by atoms with Crippen LogP contribution in [-0.4, -0.2) is 0 Å². The van der Waals surface area contributed by atoms with E-state index < -0.39 is 0 Å². The molecule has 0 bridgehead atoms. The van der Waals surface area contributed by atoms with Crippen LogP contribution < -0.4 is 0 Å². The van der Waals surface area contributed by atoms with Crippen molar-refractivity contribution < 1.29 is 8.83 Å². The fourth-order valence-corrected chi connectivity index (χ4v) is 7.54. The van der Waals surface area contributed by atoms with E-state index in [-0.39, 0.29) is 0 Å². The molecule has 0 saturated carbocycles. The molecule has 0 saturated heterocycles. The van der Waals surface area contributed by atoms with Crippen molar-refractivity contribution in [1.29, 1.82) is 0 Å². The summed E-state index contributed by atoms with van der Waals surface area (Å²) < 4.78 is 13.1. The maximum absolute atomic E-state index is 6.67. The van der Waals surface area contributed by atoms with E-state index in [0.29, 0.717) is 0 Å². The van der Waals surface area contributed by atoms with Gasteiger partial charge < -0.3 is 8.83 Å². The first-order valence-corrected chi connectivity index (χ1v) is 16.3. The summed E-state index contributed by atoms with van der Waals surface area (Å²) in [7, 11) is 0. The number of rotatable bonds is 4. The van der Waals surface area contributed by atoms with Crippen molar-refractivity contribution in [2.45, 2.75) is 0 Å². The fraction of sp³-hybridized carbons (Fsp3) is 0. The molecule has 0 unspecified atom stereocenters. The highest BCUT2D eigenvalue weighted by molar-refractivity contribution is 6.22. The van der Waals surface area contributed by atoms with Gasteiger partial charge in [0.15, 0.2) is 0 Å². The Morgan fingerprint density at radius 2 is 0.792 bits per heavy atom. The summed E-state index contributed by atoms with van der Waals surface area (Å²) in [6.07, 6.45) is 0. The Hall–Kier alpha value is -6.38. The number of hydrogen-bond acceptors (Lipinski definition) is 2. The summed E-state index contributed by atoms with van der Waals surface area (Å²) >= 11 is 0. The predicted octanol–water partition coefficient (Wildman–Crippen LogP) is 13.3. The third kappa shape index (κ3) is 4.06. The predicted molar refractivity (Wildman–Crippen MR) is 200 cm³/mol. The zero-order chi connectivity index (χ0) is 31.6. The number of para-hydroxylation sites is 1. The average Bonchev–Trinajstić information content (AvgIpc) is 3.76. The van der Waals surface area contributed by atoms with E-state index in [2.05, 4.69) is 140 Å². The fourth-order valence-electron chi connectivity index (χ4n) is 7.54. The lowest BCUT2D eigenvalue weighted by Crippen LogP contribution is -1.90. The van der Waals surface area contributed by atoms with Gasteiger partial charge in [-0.25, -0.2) is 0 Å². The van der Waals surface area contributed by atoms with Crippen molar-refractivity contribution >= 4 is 54.5 Å². The van der Waals surface area contributed by atoms with Gasteiger partial charge in [0.25, 0.3) is 0 Å². The summed E-state index contributed by atoms with van der Waals surface area (Å²) in [6, 6.07) is 60.2. The van der Waals surface area contributed by atoms with Crippen LogP contribution in [0.25, 0.3) is 99.2 Å². The largest absolute Gasteiger partial charge is 0.456 e. The molecular formula is C46H28O2. The quantitative estimate of drug-likeness (QED) is 0.185. The van der Waals surface area contributed by atoms with Gasteiger partial charge in [-0.2, -0.15) is 0 Å². The summed E-state index contributed by atoms with van der Waals surface area (Å²) in [4.78, 5) is 0. The van der Waals surface area contributed by atoms with Crippen molar-refractivity contribution in [1.82, 2.24) is 0 Å². The summed E-state index contributed by atoms with van der Waals surface area (Å²) in [6.45, 7) is 0. The molecule has 2 heteroatoms. The van der Waals surface area contributed by atoms with E-state index in [1.165, 1.54) is 43.8 Å². The normalized spacial score (nSPS) is 11.8. The highest BCUT2D eigenvalue weighted by atomic mass is 16.3. The molecule has 224 valence electrons. The zero-order valence-electron chi connectivity index (χ0n) is 26.0. The molecular weight excluding hydrogens is 585 g/mol. The number of fused-ring (bicyclic) bond motifs is 7. The molecule has 10 aromatic rings. The SMILES string of the molecule is c1ccc(-c2cc3c(-c4ccc(-c5c6ccccc6c(-c6ccccc6)c6ccccc56)cc4)cc4oc5ccccc5c4c3o2)cc1. The third-order valence-corrected chi connectivity index (χ3v) is 9.68. The molecule has 0 aliphatic rings. The second-order valence-corrected chi connectivity index (χ2v) is 12.4. The number of hydrogen-bond donors (Lipinski definition) is 0. The highest BCUT2D eigenvalue weighted by Crippen LogP contribution is 2.46. The summed E-state index contributed by atoms with van der Waals surface area (Å²) in [5.41, 5.74) is 10.7. The standard InChI is InChI=1S/C46H28O2/c1-3-13-30(14-4-1)41-28-39-38(27-42-45(46(39)48-41)37-21-11-12-22-40(37)47-42)29-23-25-32(26-24-29)44-35-19-9-7-17-33(35)43(31-15-5-2-6-16-31)34-18-8-10-20-36(34)44/h1-28H. The van der Waals surface area contributed by atoms with E-state index in [4.69, 9.17) is 8.83 Å². The minimum Gasteiger partial charge on any atom is -0.456 e. The Morgan fingerprint density at radius 3 is 1.40 bits per heavy atom. The van der Waals surface area contributed by atoms with Crippen molar-refractivity contribution in [3.05, 3.63) is 170 Å². The second kappa shape index (κ2) is 10.6. The van der Waals surface area contributed by atoms with Crippen molar-refractivity contribution in [2.24, 2.45) is 0 Å². The Bertz CT molecular complexity index is 2750. The van der Waals surface area contributed by atoms with Crippen LogP contribution in [0.15, 0.2) is 179 Å². The van der Waals surface area contributed by atoms with Crippen LogP contribution in [0.4, 0.5) is 0 Å². The van der Waals surface area contributed by atoms with Gasteiger partial charge in [-0.3, -0.25) is 0 Å². The molecule has 0 amide bonds. The first-order chi connectivity index (χ1) is 23.8. The Balaban J connectivity index is 1.19. The van der Waals surface area contributed by atoms with Gasteiger partial charge in [0.1, 0.15) is 22.5 Å². The van der Waals surface area contributed by atoms with E-state index in [0.717, 1.165) is 55.4 Å². The molecule has 0 N–H and O–H groups in total. The van der Waals surface area contributed by atoms with Crippen molar-refractivity contribution in [3.8, 4) is 44.7 Å². The van der Waals surface area contributed by atoms with Gasteiger partial charge in [0.2, 0.25) is 0 Å². The average molecular weight is 613 g/mol. The van der Waals surface area contributed by atoms with Crippen LogP contribution in [0.3, 0.4) is 0 Å². The summed E-state index contributed by atoms with van der Waals surface area (Å²) in [5, 5.41) is 8.15. The molecule has 8 aromatic carbocycles. The molecule has 0 aliphatic carbocycles. The van der Waals surface area contributed by atoms with Crippen LogP contribution in [0.5, 0.6) is 0 Å². The molecule has 10 rings (SSSR count). The lowest BCUT2D eigenvalue weighted by atomic mass is 9.85. The van der Waals surface area contributed by atoms with Gasteiger partial charge in [0.05, 0.1) is 5.39 Å². The van der Waals surface area contributed by atoms with Crippen LogP contribution in [0, 0.1) is 0 Å². The third-order valence-electron chi connectivity index (χ3n) is 9.68. The molecule has 48 heavy (non-hydrogen) atoms. The van der Waals surface area contributed by atoms with Crippen LogP contribution in [0.2, 0.25) is 0 Å². The molecule has 2 heterocycles. The lowest BCUT2D eigenvalue weighted by molar-refractivity contribution is 0.633. The Kier molecular flexibility index (Phi) is 5.91. The van der Waals surface area contributed by atoms with Crippen LogP contribution >= 0.6 is 0 Å². The smallest absolute Gasteiger partial charge is 0.147 e. The second-order valence-electron chi connectivity index (χ2n) is 12.4.